The van der Waals surface area contributed by atoms with E-state index in [-0.39, 0.29) is 28.0 Å². The van der Waals surface area contributed by atoms with Crippen LogP contribution in [0.1, 0.15) is 31.4 Å². The molecule has 2 aliphatic heterocycles. The van der Waals surface area contributed by atoms with Gasteiger partial charge in [0.2, 0.25) is 11.8 Å². The second-order valence-electron chi connectivity index (χ2n) is 8.53. The normalized spacial score (nSPS) is 20.0. The number of hydrogen-bond donors (Lipinski definition) is 0. The Kier molecular flexibility index (Phi) is 7.15. The molecule has 0 aliphatic carbocycles. The molecule has 0 spiro atoms. The van der Waals surface area contributed by atoms with Gasteiger partial charge in [0, 0.05) is 17.5 Å². The zero-order chi connectivity index (χ0) is 23.7. The summed E-state index contributed by atoms with van der Waals surface area (Å²) in [5.74, 6) is 1.70. The van der Waals surface area contributed by atoms with E-state index in [1.54, 1.807) is 14.2 Å². The van der Waals surface area contributed by atoms with Crippen molar-refractivity contribution in [3.8, 4) is 16.9 Å². The Balaban J connectivity index is 1.75. The molecule has 2 aliphatic rings. The molecule has 0 saturated carbocycles. The fraction of sp³-hybridized carbons (Fsp3) is 0.440. The smallest absolute Gasteiger partial charge is 0.209 e. The number of nitrogens with zero attached hydrogens (tertiary/aromatic N) is 2. The summed E-state index contributed by atoms with van der Waals surface area (Å²) in [6, 6.07) is 6.03. The molecule has 0 saturated heterocycles. The maximum atomic E-state index is 13.8. The van der Waals surface area contributed by atoms with Gasteiger partial charge in [0.15, 0.2) is 0 Å². The number of benzene rings is 2. The van der Waals surface area contributed by atoms with Crippen molar-refractivity contribution in [3.05, 3.63) is 51.3 Å². The van der Waals surface area contributed by atoms with Crippen molar-refractivity contribution >= 4 is 35.0 Å². The van der Waals surface area contributed by atoms with Gasteiger partial charge in [0.1, 0.15) is 23.7 Å². The first-order valence-corrected chi connectivity index (χ1v) is 11.8. The summed E-state index contributed by atoms with van der Waals surface area (Å²) in [5, 5.41) is 0.499. The largest absolute Gasteiger partial charge is 0.493 e. The SMILES string of the molecule is COC1=N[C@@H](C(C)C)C(OC)=N[C@H]1Cc1ccc(-c2c(Cl)cc(F)cc2Cl)c2c1CCCO2. The number of methoxy groups -OCH3 is 2. The number of fused-ring (bicyclic) bond motifs is 1. The average molecular weight is 493 g/mol. The lowest BCUT2D eigenvalue weighted by Gasteiger charge is -2.29. The van der Waals surface area contributed by atoms with Crippen LogP contribution in [0.15, 0.2) is 34.3 Å². The van der Waals surface area contributed by atoms with E-state index in [4.69, 9.17) is 47.4 Å². The first kappa shape index (κ1) is 23.8. The maximum Gasteiger partial charge on any atom is 0.209 e. The van der Waals surface area contributed by atoms with E-state index in [2.05, 4.69) is 13.8 Å². The lowest BCUT2D eigenvalue weighted by atomic mass is 9.90. The van der Waals surface area contributed by atoms with Gasteiger partial charge < -0.3 is 14.2 Å². The second-order valence-corrected chi connectivity index (χ2v) is 9.34. The van der Waals surface area contributed by atoms with Crippen molar-refractivity contribution in [2.75, 3.05) is 20.8 Å². The van der Waals surface area contributed by atoms with Crippen LogP contribution in [0.25, 0.3) is 11.1 Å². The summed E-state index contributed by atoms with van der Waals surface area (Å²) in [6.45, 7) is 4.75. The summed E-state index contributed by atoms with van der Waals surface area (Å²) in [6.07, 6.45) is 2.32. The maximum absolute atomic E-state index is 13.8. The van der Waals surface area contributed by atoms with E-state index in [1.165, 1.54) is 12.1 Å². The van der Waals surface area contributed by atoms with Gasteiger partial charge in [0.05, 0.1) is 30.9 Å². The van der Waals surface area contributed by atoms with Crippen LogP contribution in [-0.4, -0.2) is 44.7 Å². The van der Waals surface area contributed by atoms with Gasteiger partial charge >= 0.3 is 0 Å². The van der Waals surface area contributed by atoms with Crippen LogP contribution in [0.2, 0.25) is 10.0 Å². The molecule has 2 heterocycles. The van der Waals surface area contributed by atoms with Gasteiger partial charge in [-0.15, -0.1) is 0 Å². The van der Waals surface area contributed by atoms with E-state index in [0.29, 0.717) is 30.4 Å². The van der Waals surface area contributed by atoms with Crippen LogP contribution in [-0.2, 0) is 22.3 Å². The molecule has 0 aromatic heterocycles. The predicted molar refractivity (Wildman–Crippen MR) is 131 cm³/mol. The van der Waals surface area contributed by atoms with E-state index in [0.717, 1.165) is 35.3 Å². The molecule has 0 bridgehead atoms. The standard InChI is InChI=1S/C25H27Cl2FN2O3/c1-13(2)22-25(32-4)29-20(24(30-22)31-3)10-14-7-8-17(23-16(14)6-5-9-33-23)21-18(26)11-15(28)12-19(21)27/h7-8,11-13,20,22H,5-6,9-10H2,1-4H3/t20-,22-/m0/s1. The van der Waals surface area contributed by atoms with Gasteiger partial charge in [-0.25, -0.2) is 14.4 Å². The van der Waals surface area contributed by atoms with Crippen LogP contribution >= 0.6 is 23.2 Å². The highest BCUT2D eigenvalue weighted by Crippen LogP contribution is 2.44. The molecule has 4 rings (SSSR count). The van der Waals surface area contributed by atoms with Crippen molar-refractivity contribution in [1.29, 1.82) is 0 Å². The molecule has 0 unspecified atom stereocenters. The van der Waals surface area contributed by atoms with Crippen LogP contribution in [0.5, 0.6) is 5.75 Å². The molecule has 0 N–H and O–H groups in total. The zero-order valence-electron chi connectivity index (χ0n) is 19.1. The monoisotopic (exact) mass is 492 g/mol. The Labute approximate surface area is 203 Å². The lowest BCUT2D eigenvalue weighted by Crippen LogP contribution is -2.38. The summed E-state index contributed by atoms with van der Waals surface area (Å²) < 4.78 is 31.0. The van der Waals surface area contributed by atoms with Crippen LogP contribution < -0.4 is 4.74 Å². The van der Waals surface area contributed by atoms with Crippen molar-refractivity contribution in [3.63, 3.8) is 0 Å². The first-order valence-electron chi connectivity index (χ1n) is 11.0. The van der Waals surface area contributed by atoms with E-state index < -0.39 is 5.82 Å². The molecule has 0 fully saturated rings. The highest BCUT2D eigenvalue weighted by molar-refractivity contribution is 6.39. The zero-order valence-corrected chi connectivity index (χ0v) is 20.6. The Hall–Kier alpha value is -2.31. The topological polar surface area (TPSA) is 52.4 Å². The molecule has 0 amide bonds. The Morgan fingerprint density at radius 2 is 1.79 bits per heavy atom. The minimum atomic E-state index is -0.477. The molecule has 176 valence electrons. The molecule has 8 heteroatoms. The molecule has 5 nitrogen and oxygen atoms in total. The Bertz CT molecular complexity index is 1090. The third-order valence-corrected chi connectivity index (χ3v) is 6.60. The molecule has 2 atom stereocenters. The fourth-order valence-corrected chi connectivity index (χ4v) is 5.08. The molecule has 2 aromatic rings. The molecular formula is C25H27Cl2FN2O3. The van der Waals surface area contributed by atoms with E-state index in [1.807, 2.05) is 12.1 Å². The third-order valence-electron chi connectivity index (χ3n) is 6.00. The third kappa shape index (κ3) is 4.69. The number of halogens is 3. The Morgan fingerprint density at radius 1 is 1.09 bits per heavy atom. The van der Waals surface area contributed by atoms with Crippen molar-refractivity contribution in [2.45, 2.75) is 45.2 Å². The first-order chi connectivity index (χ1) is 15.8. The van der Waals surface area contributed by atoms with Gasteiger partial charge in [-0.05, 0) is 42.0 Å². The summed E-state index contributed by atoms with van der Waals surface area (Å²) in [7, 11) is 3.25. The highest BCUT2D eigenvalue weighted by atomic mass is 35.5. The quantitative estimate of drug-likeness (QED) is 0.513. The molecular weight excluding hydrogens is 466 g/mol. The lowest BCUT2D eigenvalue weighted by molar-refractivity contribution is 0.288. The van der Waals surface area contributed by atoms with Crippen LogP contribution in [0.3, 0.4) is 0 Å². The van der Waals surface area contributed by atoms with E-state index >= 15 is 0 Å². The molecule has 0 radical (unpaired) electrons. The van der Waals surface area contributed by atoms with Crippen molar-refractivity contribution < 1.29 is 18.6 Å². The average Bonchev–Trinajstić information content (AvgIpc) is 2.79. The summed E-state index contributed by atoms with van der Waals surface area (Å²) in [5.41, 5.74) is 3.49. The molecule has 2 aromatic carbocycles. The molecule has 33 heavy (non-hydrogen) atoms. The number of rotatable bonds is 4. The summed E-state index contributed by atoms with van der Waals surface area (Å²) in [4.78, 5) is 9.61. The minimum absolute atomic E-state index is 0.163. The van der Waals surface area contributed by atoms with Crippen LogP contribution in [0, 0.1) is 11.7 Å². The van der Waals surface area contributed by atoms with Crippen LogP contribution in [0.4, 0.5) is 4.39 Å². The van der Waals surface area contributed by atoms with Gasteiger partial charge in [0.25, 0.3) is 0 Å². The second kappa shape index (κ2) is 9.90. The van der Waals surface area contributed by atoms with Gasteiger partial charge in [-0.1, -0.05) is 49.2 Å². The number of ether oxygens (including phenoxy) is 3. The summed E-state index contributed by atoms with van der Waals surface area (Å²) >= 11 is 12.7. The number of aliphatic imine (C=N–C) groups is 2. The van der Waals surface area contributed by atoms with Gasteiger partial charge in [-0.3, -0.25) is 0 Å². The van der Waals surface area contributed by atoms with Crippen molar-refractivity contribution in [1.82, 2.24) is 0 Å². The van der Waals surface area contributed by atoms with Gasteiger partial charge in [-0.2, -0.15) is 0 Å². The fourth-order valence-electron chi connectivity index (χ4n) is 4.42. The highest BCUT2D eigenvalue weighted by Gasteiger charge is 2.32. The van der Waals surface area contributed by atoms with E-state index in [9.17, 15) is 4.39 Å². The van der Waals surface area contributed by atoms with Crippen molar-refractivity contribution in [2.24, 2.45) is 15.9 Å². The number of hydrogen-bond acceptors (Lipinski definition) is 5. The minimum Gasteiger partial charge on any atom is -0.493 e. The predicted octanol–water partition coefficient (Wildman–Crippen LogP) is 6.16. The Morgan fingerprint density at radius 3 is 2.42 bits per heavy atom.